The third-order valence-corrected chi connectivity index (χ3v) is 15.0. The zero-order chi connectivity index (χ0) is 59.2. The molecule has 3 atom stereocenters. The lowest BCUT2D eigenvalue weighted by atomic mass is 9.84. The first-order valence-corrected chi connectivity index (χ1v) is 28.5. The SMILES string of the molecule is C=C1CCC(N2C(=O)c3cccc(OCC(=O)CCCCOCCOCCOCCCCC(=O)CCC(=O)Nc4ccccc4[C@@H](CCc4ccc(OC)c(OC)c4)OC(=O)C4CCCCN4C(=O)C(=O)C(C)(C)CC)c3C2=O)C(=O)N1. The number of carbonyl (C=O) groups is 9. The van der Waals surface area contributed by atoms with E-state index in [1.165, 1.54) is 17.0 Å². The Kier molecular flexibility index (Phi) is 24.8. The number of hydrogen-bond acceptors (Lipinski definition) is 16. The van der Waals surface area contributed by atoms with Crippen molar-refractivity contribution in [3.8, 4) is 17.2 Å². The highest BCUT2D eigenvalue weighted by atomic mass is 16.6. The minimum Gasteiger partial charge on any atom is -0.493 e. The van der Waals surface area contributed by atoms with E-state index in [9.17, 15) is 43.2 Å². The van der Waals surface area contributed by atoms with Gasteiger partial charge in [0, 0.05) is 67.8 Å². The van der Waals surface area contributed by atoms with Crippen molar-refractivity contribution in [2.45, 2.75) is 142 Å². The Morgan fingerprint density at radius 1 is 0.744 bits per heavy atom. The van der Waals surface area contributed by atoms with E-state index in [2.05, 4.69) is 17.2 Å². The van der Waals surface area contributed by atoms with Crippen molar-refractivity contribution in [1.29, 1.82) is 0 Å². The highest BCUT2D eigenvalue weighted by molar-refractivity contribution is 6.38. The van der Waals surface area contributed by atoms with Crippen LogP contribution in [-0.2, 0) is 58.9 Å². The van der Waals surface area contributed by atoms with E-state index in [0.29, 0.717) is 145 Å². The number of carbonyl (C=O) groups excluding carboxylic acids is 9. The molecule has 3 aliphatic heterocycles. The van der Waals surface area contributed by atoms with Crippen LogP contribution in [0.15, 0.2) is 72.9 Å². The molecule has 82 heavy (non-hydrogen) atoms. The molecule has 0 aromatic heterocycles. The van der Waals surface area contributed by atoms with Gasteiger partial charge in [-0.05, 0) is 113 Å². The van der Waals surface area contributed by atoms with Crippen LogP contribution in [0.25, 0.3) is 0 Å². The Morgan fingerprint density at radius 3 is 2.11 bits per heavy atom. The van der Waals surface area contributed by atoms with Gasteiger partial charge in [0.05, 0.1) is 51.8 Å². The van der Waals surface area contributed by atoms with Gasteiger partial charge >= 0.3 is 5.97 Å². The fourth-order valence-electron chi connectivity index (χ4n) is 9.82. The van der Waals surface area contributed by atoms with Gasteiger partial charge in [0.2, 0.25) is 17.6 Å². The van der Waals surface area contributed by atoms with Crippen LogP contribution >= 0.6 is 0 Å². The molecule has 20 heteroatoms. The number of benzene rings is 3. The number of hydrogen-bond donors (Lipinski definition) is 2. The smallest absolute Gasteiger partial charge is 0.329 e. The molecule has 3 aliphatic rings. The molecule has 3 heterocycles. The van der Waals surface area contributed by atoms with Crippen LogP contribution in [0.5, 0.6) is 17.2 Å². The molecule has 3 aromatic carbocycles. The van der Waals surface area contributed by atoms with E-state index in [1.54, 1.807) is 64.5 Å². The third-order valence-electron chi connectivity index (χ3n) is 15.0. The minimum atomic E-state index is -0.952. The summed E-state index contributed by atoms with van der Waals surface area (Å²) in [7, 11) is 3.10. The first-order chi connectivity index (χ1) is 39.5. The highest BCUT2D eigenvalue weighted by Crippen LogP contribution is 2.36. The number of allylic oxidation sites excluding steroid dienone is 1. The number of Topliss-reactive ketones (excluding diaryl/α,β-unsaturated/α-hetero) is 3. The van der Waals surface area contributed by atoms with Gasteiger partial charge in [-0.15, -0.1) is 0 Å². The average Bonchev–Trinajstić information content (AvgIpc) is 4.02. The summed E-state index contributed by atoms with van der Waals surface area (Å²) in [6, 6.07) is 15.3. The Labute approximate surface area is 480 Å². The van der Waals surface area contributed by atoms with E-state index in [-0.39, 0.29) is 73.2 Å². The van der Waals surface area contributed by atoms with Crippen LogP contribution in [0.4, 0.5) is 5.69 Å². The molecule has 2 N–H and O–H groups in total. The molecule has 3 aromatic rings. The quantitative estimate of drug-likeness (QED) is 0.0245. The van der Waals surface area contributed by atoms with Gasteiger partial charge in [-0.3, -0.25) is 43.3 Å². The predicted octanol–water partition coefficient (Wildman–Crippen LogP) is 8.02. The van der Waals surface area contributed by atoms with Crippen LogP contribution in [0.1, 0.15) is 155 Å². The summed E-state index contributed by atoms with van der Waals surface area (Å²) < 4.78 is 39.8. The molecule has 2 unspecified atom stereocenters. The fraction of sp³-hybridized carbons (Fsp3) is 0.532. The highest BCUT2D eigenvalue weighted by Gasteiger charge is 2.46. The number of nitrogens with one attached hydrogen (secondary N) is 2. The van der Waals surface area contributed by atoms with Crippen molar-refractivity contribution < 1.29 is 76.3 Å². The number of esters is 1. The standard InChI is InChI=1S/C62H80N4O16/c1-7-62(3,4)56(70)60(74)65-32-13-10-22-49(65)61(75)82-50(29-25-42-26-30-51(76-5)53(39-42)77-6)45-19-8-9-21-47(45)64-54(69)31-27-43(67)17-11-14-33-78-35-37-80-38-36-79-34-15-12-18-44(68)40-81-52-23-16-20-46-55(52)59(73)66(58(46)72)48-28-24-41(2)63-57(48)71/h8-9,16,19-21,23,26,30,39,48-50H,2,7,10-15,17-18,22,24-25,27-29,31-38,40H2,1,3-6H3,(H,63,71)(H,64,69)/t48?,49?,50-/m1/s1. The van der Waals surface area contributed by atoms with Crippen molar-refractivity contribution in [3.05, 3.63) is 95.2 Å². The number of imide groups is 1. The van der Waals surface area contributed by atoms with Crippen LogP contribution in [0, 0.1) is 5.41 Å². The zero-order valence-electron chi connectivity index (χ0n) is 48.1. The Bertz CT molecular complexity index is 2780. The van der Waals surface area contributed by atoms with Crippen molar-refractivity contribution in [1.82, 2.24) is 15.1 Å². The lowest BCUT2D eigenvalue weighted by molar-refractivity contribution is -0.164. The number of ketones is 3. The molecule has 6 rings (SSSR count). The van der Waals surface area contributed by atoms with Gasteiger partial charge in [-0.1, -0.05) is 57.7 Å². The number of methoxy groups -OCH3 is 2. The molecule has 0 aliphatic carbocycles. The Hall–Kier alpha value is -7.29. The number of likely N-dealkylation sites (tertiary alicyclic amines) is 1. The summed E-state index contributed by atoms with van der Waals surface area (Å²) in [5, 5.41) is 5.54. The lowest BCUT2D eigenvalue weighted by Crippen LogP contribution is -2.53. The summed E-state index contributed by atoms with van der Waals surface area (Å²) in [5.41, 5.74) is 1.67. The number of aryl methyl sites for hydroxylation is 1. The van der Waals surface area contributed by atoms with Crippen LogP contribution in [-0.4, -0.2) is 142 Å². The Balaban J connectivity index is 0.839. The number of amides is 5. The molecule has 5 amide bonds. The second-order valence-electron chi connectivity index (χ2n) is 21.3. The summed E-state index contributed by atoms with van der Waals surface area (Å²) in [4.78, 5) is 121. The number of nitrogens with zero attached hydrogens (tertiary/aromatic N) is 2. The third kappa shape index (κ3) is 17.9. The topological polar surface area (TPSA) is 249 Å². The van der Waals surface area contributed by atoms with E-state index < -0.39 is 59.0 Å². The number of piperidine rings is 2. The van der Waals surface area contributed by atoms with Crippen molar-refractivity contribution in [3.63, 3.8) is 0 Å². The summed E-state index contributed by atoms with van der Waals surface area (Å²) in [5.74, 6) is -2.92. The van der Waals surface area contributed by atoms with Crippen LogP contribution < -0.4 is 24.8 Å². The molecule has 0 saturated carbocycles. The van der Waals surface area contributed by atoms with Crippen LogP contribution in [0.2, 0.25) is 0 Å². The molecular weight excluding hydrogens is 1060 g/mol. The van der Waals surface area contributed by atoms with Gasteiger partial charge in [0.25, 0.3) is 17.7 Å². The number of fused-ring (bicyclic) bond motifs is 1. The lowest BCUT2D eigenvalue weighted by Gasteiger charge is -2.36. The number of para-hydroxylation sites is 1. The molecule has 0 bridgehead atoms. The minimum absolute atomic E-state index is 0.0434. The number of ether oxygens (including phenoxy) is 7. The largest absolute Gasteiger partial charge is 0.493 e. The van der Waals surface area contributed by atoms with Gasteiger partial charge in [-0.2, -0.15) is 0 Å². The van der Waals surface area contributed by atoms with Crippen molar-refractivity contribution in [2.24, 2.45) is 5.41 Å². The molecule has 0 spiro atoms. The van der Waals surface area contributed by atoms with E-state index >= 15 is 0 Å². The van der Waals surface area contributed by atoms with Gasteiger partial charge < -0.3 is 48.7 Å². The molecule has 2 saturated heterocycles. The number of unbranched alkanes of at least 4 members (excludes halogenated alkanes) is 2. The van der Waals surface area contributed by atoms with Gasteiger partial charge in [0.1, 0.15) is 36.3 Å². The summed E-state index contributed by atoms with van der Waals surface area (Å²) in [6.45, 7) is 11.4. The maximum Gasteiger partial charge on any atom is 0.329 e. The predicted molar refractivity (Wildman–Crippen MR) is 302 cm³/mol. The number of anilines is 1. The molecule has 2 fully saturated rings. The maximum atomic E-state index is 14.2. The number of rotatable bonds is 35. The monoisotopic (exact) mass is 1140 g/mol. The van der Waals surface area contributed by atoms with Crippen molar-refractivity contribution >= 4 is 58.5 Å². The second kappa shape index (κ2) is 31.8. The second-order valence-corrected chi connectivity index (χ2v) is 21.3. The van der Waals surface area contributed by atoms with E-state index in [0.717, 1.165) is 10.5 Å². The van der Waals surface area contributed by atoms with Gasteiger partial charge in [-0.25, -0.2) is 4.79 Å². The van der Waals surface area contributed by atoms with E-state index in [4.69, 9.17) is 33.2 Å². The zero-order valence-corrected chi connectivity index (χ0v) is 48.1. The molecule has 0 radical (unpaired) electrons. The molecule has 444 valence electrons. The van der Waals surface area contributed by atoms with Crippen LogP contribution in [0.3, 0.4) is 0 Å². The van der Waals surface area contributed by atoms with Gasteiger partial charge in [0.15, 0.2) is 17.3 Å². The summed E-state index contributed by atoms with van der Waals surface area (Å²) in [6.07, 6.45) is 5.72. The van der Waals surface area contributed by atoms with Crippen molar-refractivity contribution in [2.75, 3.05) is 72.3 Å². The molecule has 20 nitrogen and oxygen atoms in total. The normalized spacial score (nSPS) is 16.5. The maximum absolute atomic E-state index is 14.2. The molecular formula is C62H80N4O16. The summed E-state index contributed by atoms with van der Waals surface area (Å²) >= 11 is 0. The first kappa shape index (κ1) is 63.9. The van der Waals surface area contributed by atoms with E-state index in [1.807, 2.05) is 19.1 Å². The first-order valence-electron chi connectivity index (χ1n) is 28.5. The average molecular weight is 1140 g/mol. The Morgan fingerprint density at radius 2 is 1.43 bits per heavy atom. The fourth-order valence-corrected chi connectivity index (χ4v) is 9.82.